The summed E-state index contributed by atoms with van der Waals surface area (Å²) in [6.07, 6.45) is 3.60. The Morgan fingerprint density at radius 3 is 2.68 bits per heavy atom. The van der Waals surface area contributed by atoms with E-state index >= 15 is 0 Å². The molecule has 2 heterocycles. The van der Waals surface area contributed by atoms with Crippen molar-refractivity contribution in [2.75, 3.05) is 18.4 Å². The lowest BCUT2D eigenvalue weighted by Crippen LogP contribution is -2.30. The van der Waals surface area contributed by atoms with Crippen LogP contribution in [0.5, 0.6) is 0 Å². The van der Waals surface area contributed by atoms with Crippen molar-refractivity contribution in [3.63, 3.8) is 0 Å². The Bertz CT molecular complexity index is 987. The summed E-state index contributed by atoms with van der Waals surface area (Å²) in [6.45, 7) is 0.855. The molecule has 1 fully saturated rings. The van der Waals surface area contributed by atoms with Crippen molar-refractivity contribution in [3.8, 4) is 5.69 Å². The van der Waals surface area contributed by atoms with Gasteiger partial charge in [-0.1, -0.05) is 46.6 Å². The van der Waals surface area contributed by atoms with E-state index in [9.17, 15) is 4.79 Å². The number of amides is 1. The first kappa shape index (κ1) is 18.7. The molecule has 1 aliphatic carbocycles. The molecule has 0 atom stereocenters. The summed E-state index contributed by atoms with van der Waals surface area (Å²) in [4.78, 5) is 16.8. The van der Waals surface area contributed by atoms with Crippen LogP contribution in [0.15, 0.2) is 42.6 Å². The summed E-state index contributed by atoms with van der Waals surface area (Å²) in [7, 11) is 0. The number of halogens is 2. The summed E-state index contributed by atoms with van der Waals surface area (Å²) < 4.78 is 1.77. The number of aromatic nitrogens is 4. The highest BCUT2D eigenvalue weighted by molar-refractivity contribution is 6.35. The molecule has 4 rings (SSSR count). The maximum atomic E-state index is 12.7. The quantitative estimate of drug-likeness (QED) is 0.573. The number of benzene rings is 1. The maximum absolute atomic E-state index is 12.7. The second-order valence-electron chi connectivity index (χ2n) is 6.51. The fraction of sp³-hybridized carbons (Fsp3) is 0.263. The van der Waals surface area contributed by atoms with E-state index in [0.717, 1.165) is 24.2 Å². The van der Waals surface area contributed by atoms with Gasteiger partial charge >= 0.3 is 0 Å². The van der Waals surface area contributed by atoms with Crippen molar-refractivity contribution < 1.29 is 4.79 Å². The molecule has 2 aromatic heterocycles. The number of anilines is 1. The summed E-state index contributed by atoms with van der Waals surface area (Å²) in [5, 5.41) is 15.2. The topological polar surface area (TPSA) is 84.7 Å². The second kappa shape index (κ2) is 8.16. The third kappa shape index (κ3) is 4.10. The third-order valence-corrected chi connectivity index (χ3v) is 4.89. The highest BCUT2D eigenvalue weighted by Crippen LogP contribution is 2.41. The lowest BCUT2D eigenvalue weighted by atomic mass is 10.2. The normalized spacial score (nSPS) is 13.4. The largest absolute Gasteiger partial charge is 0.367 e. The van der Waals surface area contributed by atoms with Crippen LogP contribution in [-0.2, 0) is 0 Å². The standard InChI is InChI=1S/C19H18Cl2N6O/c20-13-10-15(21)18(24-11-13)22-8-9-23-19(28)16-17(12-6-7-12)27(26-25-16)14-4-2-1-3-5-14/h1-5,10-12H,6-9H2,(H,22,24)(H,23,28). The minimum Gasteiger partial charge on any atom is -0.367 e. The molecular weight excluding hydrogens is 399 g/mol. The zero-order valence-electron chi connectivity index (χ0n) is 14.9. The molecule has 1 aromatic carbocycles. The van der Waals surface area contributed by atoms with Crippen molar-refractivity contribution in [3.05, 3.63) is 64.0 Å². The highest BCUT2D eigenvalue weighted by Gasteiger charge is 2.34. The summed E-state index contributed by atoms with van der Waals surface area (Å²) in [5.41, 5.74) is 2.16. The van der Waals surface area contributed by atoms with Gasteiger partial charge in [-0.3, -0.25) is 4.79 Å². The van der Waals surface area contributed by atoms with Crippen molar-refractivity contribution in [1.82, 2.24) is 25.3 Å². The Kier molecular flexibility index (Phi) is 5.45. The van der Waals surface area contributed by atoms with Gasteiger partial charge in [0.25, 0.3) is 5.91 Å². The van der Waals surface area contributed by atoms with E-state index in [-0.39, 0.29) is 5.91 Å². The van der Waals surface area contributed by atoms with Crippen LogP contribution in [-0.4, -0.2) is 39.0 Å². The molecule has 144 valence electrons. The number of hydrogen-bond donors (Lipinski definition) is 2. The monoisotopic (exact) mass is 416 g/mol. The van der Waals surface area contributed by atoms with Crippen molar-refractivity contribution in [2.45, 2.75) is 18.8 Å². The van der Waals surface area contributed by atoms with Gasteiger partial charge in [-0.15, -0.1) is 5.10 Å². The van der Waals surface area contributed by atoms with E-state index in [1.807, 2.05) is 30.3 Å². The van der Waals surface area contributed by atoms with Crippen LogP contribution in [0, 0.1) is 0 Å². The van der Waals surface area contributed by atoms with Crippen LogP contribution in [0.1, 0.15) is 34.9 Å². The maximum Gasteiger partial charge on any atom is 0.273 e. The molecule has 1 aliphatic rings. The Labute approximate surface area is 172 Å². The van der Waals surface area contributed by atoms with Gasteiger partial charge in [0.15, 0.2) is 5.69 Å². The summed E-state index contributed by atoms with van der Waals surface area (Å²) in [5.74, 6) is 0.612. The lowest BCUT2D eigenvalue weighted by molar-refractivity contribution is 0.0949. The van der Waals surface area contributed by atoms with E-state index in [4.69, 9.17) is 23.2 Å². The number of carbonyl (C=O) groups is 1. The SMILES string of the molecule is O=C(NCCNc1ncc(Cl)cc1Cl)c1nnn(-c2ccccc2)c1C1CC1. The predicted octanol–water partition coefficient (Wildman–Crippen LogP) is 3.69. The van der Waals surface area contributed by atoms with Gasteiger partial charge in [-0.05, 0) is 31.0 Å². The highest BCUT2D eigenvalue weighted by atomic mass is 35.5. The molecule has 9 heteroatoms. The molecule has 1 amide bonds. The Balaban J connectivity index is 1.40. The average Bonchev–Trinajstić information content (AvgIpc) is 3.44. The summed E-state index contributed by atoms with van der Waals surface area (Å²) >= 11 is 11.9. The van der Waals surface area contributed by atoms with Crippen molar-refractivity contribution >= 4 is 34.9 Å². The Morgan fingerprint density at radius 1 is 1.18 bits per heavy atom. The number of rotatable bonds is 7. The number of nitrogens with one attached hydrogen (secondary N) is 2. The molecule has 28 heavy (non-hydrogen) atoms. The number of para-hydroxylation sites is 1. The molecule has 0 saturated heterocycles. The van der Waals surface area contributed by atoms with Crippen LogP contribution in [0.2, 0.25) is 10.0 Å². The van der Waals surface area contributed by atoms with Crippen LogP contribution >= 0.6 is 23.2 Å². The van der Waals surface area contributed by atoms with Gasteiger partial charge in [0.1, 0.15) is 5.82 Å². The predicted molar refractivity (Wildman–Crippen MR) is 108 cm³/mol. The molecule has 0 spiro atoms. The molecule has 0 aliphatic heterocycles. The molecule has 0 bridgehead atoms. The molecule has 0 radical (unpaired) electrons. The summed E-state index contributed by atoms with van der Waals surface area (Å²) in [6, 6.07) is 11.3. The van der Waals surface area contributed by atoms with Crippen LogP contribution in [0.25, 0.3) is 5.69 Å². The fourth-order valence-corrected chi connectivity index (χ4v) is 3.37. The fourth-order valence-electron chi connectivity index (χ4n) is 2.92. The van der Waals surface area contributed by atoms with Gasteiger partial charge in [-0.25, -0.2) is 9.67 Å². The molecule has 2 N–H and O–H groups in total. The first-order valence-electron chi connectivity index (χ1n) is 8.97. The van der Waals surface area contributed by atoms with E-state index in [1.165, 1.54) is 6.20 Å². The molecule has 3 aromatic rings. The molecule has 1 saturated carbocycles. The zero-order chi connectivity index (χ0) is 19.5. The van der Waals surface area contributed by atoms with Gasteiger partial charge in [0.05, 0.1) is 21.4 Å². The number of hydrogen-bond acceptors (Lipinski definition) is 5. The van der Waals surface area contributed by atoms with E-state index < -0.39 is 0 Å². The Morgan fingerprint density at radius 2 is 1.96 bits per heavy atom. The first-order chi connectivity index (χ1) is 13.6. The average molecular weight is 417 g/mol. The number of nitrogens with zero attached hydrogens (tertiary/aromatic N) is 4. The minimum absolute atomic E-state index is 0.235. The van der Waals surface area contributed by atoms with Crippen molar-refractivity contribution in [2.24, 2.45) is 0 Å². The molecular formula is C19H18Cl2N6O. The smallest absolute Gasteiger partial charge is 0.273 e. The van der Waals surface area contributed by atoms with Crippen LogP contribution in [0.4, 0.5) is 5.82 Å². The van der Waals surface area contributed by atoms with Gasteiger partial charge < -0.3 is 10.6 Å². The van der Waals surface area contributed by atoms with Gasteiger partial charge in [0.2, 0.25) is 0 Å². The van der Waals surface area contributed by atoms with Gasteiger partial charge in [-0.2, -0.15) is 0 Å². The minimum atomic E-state index is -0.235. The van der Waals surface area contributed by atoms with E-state index in [2.05, 4.69) is 25.9 Å². The molecule has 7 nitrogen and oxygen atoms in total. The number of carbonyl (C=O) groups excluding carboxylic acids is 1. The van der Waals surface area contributed by atoms with Crippen molar-refractivity contribution in [1.29, 1.82) is 0 Å². The Hall–Kier alpha value is -2.64. The van der Waals surface area contributed by atoms with Crippen LogP contribution in [0.3, 0.4) is 0 Å². The zero-order valence-corrected chi connectivity index (χ0v) is 16.4. The number of pyridine rings is 1. The third-order valence-electron chi connectivity index (χ3n) is 4.40. The van der Waals surface area contributed by atoms with Crippen LogP contribution < -0.4 is 10.6 Å². The van der Waals surface area contributed by atoms with Gasteiger partial charge in [0, 0.05) is 25.2 Å². The lowest BCUT2D eigenvalue weighted by Gasteiger charge is -2.09. The van der Waals surface area contributed by atoms with E-state index in [0.29, 0.717) is 40.6 Å². The second-order valence-corrected chi connectivity index (χ2v) is 7.36. The van der Waals surface area contributed by atoms with E-state index in [1.54, 1.807) is 10.7 Å². The first-order valence-corrected chi connectivity index (χ1v) is 9.73. The molecule has 0 unspecified atom stereocenters.